The zero-order chi connectivity index (χ0) is 11.7. The number of ether oxygens (including phenoxy) is 3. The maximum Gasteiger partial charge on any atom is 0.339 e. The zero-order valence-corrected chi connectivity index (χ0v) is 9.21. The van der Waals surface area contributed by atoms with E-state index in [1.807, 2.05) is 0 Å². The van der Waals surface area contributed by atoms with E-state index in [0.717, 1.165) is 0 Å². The fourth-order valence-corrected chi connectivity index (χ4v) is 1.81. The minimum atomic E-state index is -1.13. The third-order valence-corrected chi connectivity index (χ3v) is 2.51. The molecule has 16 heavy (non-hydrogen) atoms. The summed E-state index contributed by atoms with van der Waals surface area (Å²) in [5.74, 6) is -0.390. The van der Waals surface area contributed by atoms with Crippen molar-refractivity contribution in [1.29, 1.82) is 0 Å². The molecule has 1 aliphatic rings. The Bertz CT molecular complexity index is 443. The maximum absolute atomic E-state index is 11.0. The largest absolute Gasteiger partial charge is 0.494 e. The van der Waals surface area contributed by atoms with E-state index in [1.165, 1.54) is 13.2 Å². The van der Waals surface area contributed by atoms with E-state index in [9.17, 15) is 4.79 Å². The minimum absolute atomic E-state index is 0.0447. The molecule has 0 aromatic heterocycles. The number of aromatic carboxylic acids is 1. The Hall–Kier alpha value is -1.62. The number of fused-ring (bicyclic) bond motifs is 1. The molecule has 0 saturated heterocycles. The quantitative estimate of drug-likeness (QED) is 0.860. The van der Waals surface area contributed by atoms with E-state index < -0.39 is 5.97 Å². The first-order valence-electron chi connectivity index (χ1n) is 4.54. The molecular formula is C10H9ClO5. The topological polar surface area (TPSA) is 65.0 Å². The normalized spacial score (nSPS) is 13.4. The van der Waals surface area contributed by atoms with Crippen LogP contribution in [0.2, 0.25) is 5.02 Å². The molecule has 1 N–H and O–H groups in total. The van der Waals surface area contributed by atoms with Gasteiger partial charge in [-0.25, -0.2) is 4.79 Å². The Morgan fingerprint density at radius 1 is 1.50 bits per heavy atom. The van der Waals surface area contributed by atoms with Crippen molar-refractivity contribution in [1.82, 2.24) is 0 Å². The second-order valence-corrected chi connectivity index (χ2v) is 3.48. The van der Waals surface area contributed by atoms with Crippen molar-refractivity contribution in [2.75, 3.05) is 20.3 Å². The lowest BCUT2D eigenvalue weighted by molar-refractivity contribution is 0.0692. The predicted octanol–water partition coefficient (Wildman–Crippen LogP) is 1.82. The van der Waals surface area contributed by atoms with Crippen molar-refractivity contribution in [2.45, 2.75) is 0 Å². The number of hydrogen-bond donors (Lipinski definition) is 1. The molecule has 86 valence electrons. The van der Waals surface area contributed by atoms with Gasteiger partial charge >= 0.3 is 5.97 Å². The van der Waals surface area contributed by atoms with Gasteiger partial charge in [0.15, 0.2) is 17.2 Å². The van der Waals surface area contributed by atoms with E-state index in [0.29, 0.717) is 24.7 Å². The molecule has 0 radical (unpaired) electrons. The van der Waals surface area contributed by atoms with Crippen molar-refractivity contribution in [2.24, 2.45) is 0 Å². The van der Waals surface area contributed by atoms with Gasteiger partial charge in [-0.05, 0) is 0 Å². The van der Waals surface area contributed by atoms with Gasteiger partial charge in [0, 0.05) is 6.07 Å². The fraction of sp³-hybridized carbons (Fsp3) is 0.300. The summed E-state index contributed by atoms with van der Waals surface area (Å²) in [5, 5.41) is 9.11. The van der Waals surface area contributed by atoms with Gasteiger partial charge in [-0.2, -0.15) is 0 Å². The minimum Gasteiger partial charge on any atom is -0.494 e. The lowest BCUT2D eigenvalue weighted by Gasteiger charge is -2.21. The molecule has 2 rings (SSSR count). The summed E-state index contributed by atoms with van der Waals surface area (Å²) >= 11 is 5.98. The molecule has 5 nitrogen and oxygen atoms in total. The van der Waals surface area contributed by atoms with Crippen LogP contribution in [0.25, 0.3) is 0 Å². The molecule has 0 bridgehead atoms. The van der Waals surface area contributed by atoms with Crippen LogP contribution < -0.4 is 14.2 Å². The highest BCUT2D eigenvalue weighted by Crippen LogP contribution is 2.45. The number of carboxylic acids is 1. The lowest BCUT2D eigenvalue weighted by atomic mass is 10.1. The first-order chi connectivity index (χ1) is 7.65. The van der Waals surface area contributed by atoms with Crippen LogP contribution in [-0.4, -0.2) is 31.4 Å². The Morgan fingerprint density at radius 2 is 2.19 bits per heavy atom. The summed E-state index contributed by atoms with van der Waals surface area (Å²) in [4.78, 5) is 11.0. The second-order valence-electron chi connectivity index (χ2n) is 3.10. The van der Waals surface area contributed by atoms with E-state index in [4.69, 9.17) is 30.9 Å². The van der Waals surface area contributed by atoms with E-state index in [1.54, 1.807) is 0 Å². The van der Waals surface area contributed by atoms with Crippen molar-refractivity contribution >= 4 is 17.6 Å². The molecule has 0 amide bonds. The average molecular weight is 245 g/mol. The monoisotopic (exact) mass is 244 g/mol. The molecule has 1 aliphatic heterocycles. The van der Waals surface area contributed by atoms with Crippen molar-refractivity contribution in [3.8, 4) is 17.2 Å². The van der Waals surface area contributed by atoms with Gasteiger partial charge in [0.05, 0.1) is 7.11 Å². The molecular weight excluding hydrogens is 236 g/mol. The zero-order valence-electron chi connectivity index (χ0n) is 8.45. The highest BCUT2D eigenvalue weighted by atomic mass is 35.5. The highest BCUT2D eigenvalue weighted by molar-refractivity contribution is 6.34. The highest BCUT2D eigenvalue weighted by Gasteiger charge is 2.25. The fourth-order valence-electron chi connectivity index (χ4n) is 1.49. The molecule has 0 spiro atoms. The van der Waals surface area contributed by atoms with Gasteiger partial charge in [-0.15, -0.1) is 0 Å². The second kappa shape index (κ2) is 4.09. The Morgan fingerprint density at radius 3 is 2.81 bits per heavy atom. The molecule has 0 saturated carbocycles. The number of rotatable bonds is 2. The summed E-state index contributed by atoms with van der Waals surface area (Å²) in [5.41, 5.74) is -0.0447. The summed E-state index contributed by atoms with van der Waals surface area (Å²) in [6.07, 6.45) is 0. The SMILES string of the molecule is COc1c(C(=O)O)cc2c(c1Cl)OCCO2. The number of methoxy groups -OCH3 is 1. The van der Waals surface area contributed by atoms with Gasteiger partial charge < -0.3 is 19.3 Å². The van der Waals surface area contributed by atoms with Crippen LogP contribution in [0, 0.1) is 0 Å². The number of carboxylic acid groups (broad SMARTS) is 1. The standard InChI is InChI=1S/C10H9ClO5/c1-14-8-5(10(12)13)4-6-9(7(8)11)16-3-2-15-6/h4H,2-3H2,1H3,(H,12,13). The average Bonchev–Trinajstić information content (AvgIpc) is 2.29. The summed E-state index contributed by atoms with van der Waals surface area (Å²) < 4.78 is 15.5. The molecule has 1 aromatic carbocycles. The lowest BCUT2D eigenvalue weighted by Crippen LogP contribution is -2.17. The molecule has 0 aliphatic carbocycles. The number of hydrogen-bond acceptors (Lipinski definition) is 4. The van der Waals surface area contributed by atoms with E-state index in [2.05, 4.69) is 0 Å². The first-order valence-corrected chi connectivity index (χ1v) is 4.92. The molecule has 1 heterocycles. The maximum atomic E-state index is 11.0. The molecule has 0 fully saturated rings. The van der Waals surface area contributed by atoms with Crippen LogP contribution in [0.5, 0.6) is 17.2 Å². The van der Waals surface area contributed by atoms with Gasteiger partial charge in [0.25, 0.3) is 0 Å². The van der Waals surface area contributed by atoms with Gasteiger partial charge in [0.1, 0.15) is 23.8 Å². The van der Waals surface area contributed by atoms with Crippen LogP contribution in [0.1, 0.15) is 10.4 Å². The number of carbonyl (C=O) groups is 1. The predicted molar refractivity (Wildman–Crippen MR) is 56.0 cm³/mol. The summed E-state index contributed by atoms with van der Waals surface area (Å²) in [6, 6.07) is 1.35. The molecule has 6 heteroatoms. The Labute approximate surface area is 96.5 Å². The van der Waals surface area contributed by atoms with E-state index in [-0.39, 0.29) is 16.3 Å². The Balaban J connectivity index is 2.64. The first kappa shape index (κ1) is 10.9. The molecule has 0 unspecified atom stereocenters. The van der Waals surface area contributed by atoms with Crippen LogP contribution >= 0.6 is 11.6 Å². The van der Waals surface area contributed by atoms with Gasteiger partial charge in [-0.1, -0.05) is 11.6 Å². The van der Waals surface area contributed by atoms with Crippen LogP contribution in [0.3, 0.4) is 0 Å². The number of benzene rings is 1. The van der Waals surface area contributed by atoms with Gasteiger partial charge in [0.2, 0.25) is 0 Å². The third kappa shape index (κ3) is 1.63. The summed E-state index contributed by atoms with van der Waals surface area (Å²) in [6.45, 7) is 0.747. The van der Waals surface area contributed by atoms with Crippen molar-refractivity contribution in [3.05, 3.63) is 16.7 Å². The summed E-state index contributed by atoms with van der Waals surface area (Å²) in [7, 11) is 1.35. The van der Waals surface area contributed by atoms with Crippen LogP contribution in [0.4, 0.5) is 0 Å². The third-order valence-electron chi connectivity index (χ3n) is 2.16. The van der Waals surface area contributed by atoms with Crippen molar-refractivity contribution < 1.29 is 24.1 Å². The number of halogens is 1. The van der Waals surface area contributed by atoms with E-state index >= 15 is 0 Å². The van der Waals surface area contributed by atoms with Crippen LogP contribution in [0.15, 0.2) is 6.07 Å². The van der Waals surface area contributed by atoms with Crippen molar-refractivity contribution in [3.63, 3.8) is 0 Å². The molecule has 0 atom stereocenters. The van der Waals surface area contributed by atoms with Gasteiger partial charge in [-0.3, -0.25) is 0 Å². The van der Waals surface area contributed by atoms with Crippen LogP contribution in [-0.2, 0) is 0 Å². The molecule has 1 aromatic rings. The smallest absolute Gasteiger partial charge is 0.339 e. The Kier molecular flexibility index (Phi) is 2.78.